The molecule has 214 valence electrons. The highest BCUT2D eigenvalue weighted by atomic mass is 19.4. The van der Waals surface area contributed by atoms with Crippen LogP contribution in [0.2, 0.25) is 0 Å². The number of hydrogen-bond donors (Lipinski definition) is 1. The quantitative estimate of drug-likeness (QED) is 0.339. The summed E-state index contributed by atoms with van der Waals surface area (Å²) in [6.07, 6.45) is -31.2. The van der Waals surface area contributed by atoms with Crippen LogP contribution >= 0.6 is 0 Å². The number of halogens is 15. The summed E-state index contributed by atoms with van der Waals surface area (Å²) < 4.78 is 211. The zero-order valence-corrected chi connectivity index (χ0v) is 17.3. The molecule has 37 heavy (non-hydrogen) atoms. The van der Waals surface area contributed by atoms with Crippen molar-refractivity contribution in [3.63, 3.8) is 0 Å². The third kappa shape index (κ3) is 9.18. The minimum atomic E-state index is -6.32. The van der Waals surface area contributed by atoms with Crippen LogP contribution in [-0.4, -0.2) is 38.9 Å². The summed E-state index contributed by atoms with van der Waals surface area (Å²) in [6.45, 7) is 0. The lowest BCUT2D eigenvalue weighted by Crippen LogP contribution is -2.30. The first-order valence-corrected chi connectivity index (χ1v) is 9.10. The van der Waals surface area contributed by atoms with E-state index in [0.29, 0.717) is 0 Å². The Morgan fingerprint density at radius 3 is 0.973 bits per heavy atom. The van der Waals surface area contributed by atoms with Gasteiger partial charge in [-0.05, 0) is 25.8 Å². The van der Waals surface area contributed by atoms with Crippen LogP contribution in [0.4, 0.5) is 65.9 Å². The topological polar surface area (TPSA) is 58.2 Å². The molecule has 1 saturated carbocycles. The lowest BCUT2D eigenvalue weighted by molar-refractivity contribution is -0.300. The molecule has 0 aliphatic heterocycles. The maximum absolute atomic E-state index is 13.1. The Morgan fingerprint density at radius 1 is 0.514 bits per heavy atom. The Balaban J connectivity index is 3.19. The second kappa shape index (κ2) is 9.78. The largest absolute Gasteiger partial charge is 0.573 e. The molecular weight excluding hydrogens is 571 g/mol. The first kappa shape index (κ1) is 30.4. The standard InChI is InChI=1S/C16H10F15NO5/c1-32-6(4-2-3-4)5-7(33-12(17,18)19)9(35-14(23,24)25)11(37-16(29,30)31)10(36-15(26,27)28)8(5)34-13(20,21)22/h4,6,32H,2-3H2,1H3. The van der Waals surface area contributed by atoms with Crippen LogP contribution < -0.4 is 29.0 Å². The first-order valence-electron chi connectivity index (χ1n) is 9.10. The van der Waals surface area contributed by atoms with Gasteiger partial charge in [-0.2, -0.15) is 0 Å². The van der Waals surface area contributed by atoms with Gasteiger partial charge >= 0.3 is 31.8 Å². The molecule has 0 saturated heterocycles. The van der Waals surface area contributed by atoms with Gasteiger partial charge in [-0.1, -0.05) is 0 Å². The number of hydrogen-bond acceptors (Lipinski definition) is 6. The van der Waals surface area contributed by atoms with Crippen molar-refractivity contribution >= 4 is 0 Å². The van der Waals surface area contributed by atoms with Crippen LogP contribution in [0.5, 0.6) is 28.7 Å². The van der Waals surface area contributed by atoms with Crippen LogP contribution in [-0.2, 0) is 0 Å². The van der Waals surface area contributed by atoms with Crippen molar-refractivity contribution in [3.05, 3.63) is 5.56 Å². The molecule has 0 radical (unpaired) electrons. The number of rotatable bonds is 8. The van der Waals surface area contributed by atoms with Gasteiger partial charge < -0.3 is 29.0 Å². The second-order valence-electron chi connectivity index (χ2n) is 6.90. The van der Waals surface area contributed by atoms with Gasteiger partial charge in [-0.25, -0.2) is 0 Å². The lowest BCUT2D eigenvalue weighted by atomic mass is 9.98. The highest BCUT2D eigenvalue weighted by molar-refractivity contribution is 5.71. The summed E-state index contributed by atoms with van der Waals surface area (Å²) in [5, 5.41) is 2.05. The molecule has 0 spiro atoms. The van der Waals surface area contributed by atoms with Crippen molar-refractivity contribution in [2.45, 2.75) is 50.7 Å². The highest BCUT2D eigenvalue weighted by Crippen LogP contribution is 2.62. The molecule has 1 aromatic rings. The molecule has 1 N–H and O–H groups in total. The molecule has 1 fully saturated rings. The number of ether oxygens (including phenoxy) is 5. The fraction of sp³-hybridized carbons (Fsp3) is 0.625. The van der Waals surface area contributed by atoms with Crippen LogP contribution in [0.1, 0.15) is 24.4 Å². The minimum Gasteiger partial charge on any atom is -0.401 e. The summed E-state index contributed by atoms with van der Waals surface area (Å²) in [4.78, 5) is 0. The molecule has 0 heterocycles. The smallest absolute Gasteiger partial charge is 0.401 e. The Labute approximate surface area is 194 Å². The minimum absolute atomic E-state index is 0.0475. The maximum atomic E-state index is 13.1. The van der Waals surface area contributed by atoms with Crippen LogP contribution in [0.25, 0.3) is 0 Å². The number of nitrogens with one attached hydrogen (secondary N) is 1. The van der Waals surface area contributed by atoms with Crippen molar-refractivity contribution in [3.8, 4) is 28.7 Å². The Hall–Kier alpha value is -2.87. The molecule has 1 atom stereocenters. The number of alkyl halides is 15. The molecule has 0 aromatic heterocycles. The van der Waals surface area contributed by atoms with E-state index in [0.717, 1.165) is 7.05 Å². The molecule has 0 amide bonds. The van der Waals surface area contributed by atoms with Gasteiger partial charge in [0.25, 0.3) is 0 Å². The van der Waals surface area contributed by atoms with E-state index in [-0.39, 0.29) is 12.8 Å². The lowest BCUT2D eigenvalue weighted by Gasteiger charge is -2.29. The van der Waals surface area contributed by atoms with Crippen molar-refractivity contribution < 1.29 is 89.5 Å². The van der Waals surface area contributed by atoms with E-state index in [2.05, 4.69) is 23.7 Å². The van der Waals surface area contributed by atoms with Crippen molar-refractivity contribution in [2.75, 3.05) is 7.05 Å². The Morgan fingerprint density at radius 2 is 0.757 bits per heavy atom. The van der Waals surface area contributed by atoms with E-state index in [1.165, 1.54) is 0 Å². The van der Waals surface area contributed by atoms with Crippen LogP contribution in [0, 0.1) is 5.92 Å². The normalized spacial score (nSPS) is 16.3. The molecule has 1 unspecified atom stereocenters. The molecule has 1 aliphatic rings. The van der Waals surface area contributed by atoms with E-state index in [1.807, 2.05) is 5.32 Å². The summed E-state index contributed by atoms with van der Waals surface area (Å²) in [5.41, 5.74) is -1.88. The highest BCUT2D eigenvalue weighted by Gasteiger charge is 2.51. The number of benzene rings is 1. The predicted molar refractivity (Wildman–Crippen MR) is 84.4 cm³/mol. The van der Waals surface area contributed by atoms with Gasteiger partial charge in [0.2, 0.25) is 17.2 Å². The zero-order chi connectivity index (χ0) is 28.8. The van der Waals surface area contributed by atoms with E-state index in [9.17, 15) is 65.9 Å². The zero-order valence-electron chi connectivity index (χ0n) is 17.3. The average molecular weight is 581 g/mol. The van der Waals surface area contributed by atoms with E-state index in [4.69, 9.17) is 0 Å². The Kier molecular flexibility index (Phi) is 8.03. The molecule has 1 aromatic carbocycles. The third-order valence-corrected chi connectivity index (χ3v) is 4.12. The monoisotopic (exact) mass is 581 g/mol. The molecule has 0 bridgehead atoms. The molecular formula is C16H10F15NO5. The molecule has 21 heteroatoms. The van der Waals surface area contributed by atoms with Crippen molar-refractivity contribution in [1.82, 2.24) is 5.32 Å². The van der Waals surface area contributed by atoms with E-state index < -0.39 is 78.1 Å². The van der Waals surface area contributed by atoms with Crippen molar-refractivity contribution in [2.24, 2.45) is 5.92 Å². The van der Waals surface area contributed by atoms with Gasteiger partial charge in [-0.3, -0.25) is 0 Å². The summed E-state index contributed by atoms with van der Waals surface area (Å²) in [7, 11) is 0.812. The fourth-order valence-electron chi connectivity index (χ4n) is 3.04. The molecule has 1 aliphatic carbocycles. The average Bonchev–Trinajstić information content (AvgIpc) is 3.44. The van der Waals surface area contributed by atoms with Gasteiger partial charge in [0.05, 0.1) is 5.56 Å². The summed E-state index contributed by atoms with van der Waals surface area (Å²) in [6, 6.07) is -2.01. The summed E-state index contributed by atoms with van der Waals surface area (Å²) >= 11 is 0. The molecule has 2 rings (SSSR count). The SMILES string of the molecule is CNC(c1c(OC(F)(F)F)c(OC(F)(F)F)c(OC(F)(F)F)c(OC(F)(F)F)c1OC(F)(F)F)C1CC1. The van der Waals surface area contributed by atoms with Gasteiger partial charge in [-0.15, -0.1) is 65.9 Å². The fourth-order valence-corrected chi connectivity index (χ4v) is 3.04. The van der Waals surface area contributed by atoms with Crippen LogP contribution in [0.15, 0.2) is 0 Å². The van der Waals surface area contributed by atoms with Gasteiger partial charge in [0.15, 0.2) is 11.5 Å². The molecule has 6 nitrogen and oxygen atoms in total. The van der Waals surface area contributed by atoms with Gasteiger partial charge in [0.1, 0.15) is 0 Å². The van der Waals surface area contributed by atoms with Crippen LogP contribution in [0.3, 0.4) is 0 Å². The first-order chi connectivity index (χ1) is 16.4. The maximum Gasteiger partial charge on any atom is 0.573 e. The summed E-state index contributed by atoms with van der Waals surface area (Å²) in [5.74, 6) is -15.0. The van der Waals surface area contributed by atoms with E-state index >= 15 is 0 Å². The predicted octanol–water partition coefficient (Wildman–Crippen LogP) is 6.85. The Bertz CT molecular complexity index is 903. The van der Waals surface area contributed by atoms with Gasteiger partial charge in [0, 0.05) is 6.04 Å². The van der Waals surface area contributed by atoms with Crippen molar-refractivity contribution in [1.29, 1.82) is 0 Å². The second-order valence-corrected chi connectivity index (χ2v) is 6.90. The van der Waals surface area contributed by atoms with E-state index in [1.54, 1.807) is 0 Å². The third-order valence-electron chi connectivity index (χ3n) is 4.12.